The molecule has 0 bridgehead atoms. The van der Waals surface area contributed by atoms with Crippen LogP contribution >= 0.6 is 24.0 Å². The fraction of sp³-hybridized carbons (Fsp3) is 0.462. The van der Waals surface area contributed by atoms with Crippen LogP contribution in [0.2, 0.25) is 5.02 Å². The van der Waals surface area contributed by atoms with Crippen molar-refractivity contribution in [1.82, 2.24) is 0 Å². The molecule has 0 atom stereocenters. The van der Waals surface area contributed by atoms with Gasteiger partial charge in [0, 0.05) is 13.0 Å². The van der Waals surface area contributed by atoms with E-state index in [0.29, 0.717) is 0 Å². The molecule has 1 aromatic rings. The molecule has 0 saturated heterocycles. The van der Waals surface area contributed by atoms with Gasteiger partial charge in [0.25, 0.3) is 0 Å². The van der Waals surface area contributed by atoms with Crippen molar-refractivity contribution in [1.29, 1.82) is 0 Å². The summed E-state index contributed by atoms with van der Waals surface area (Å²) in [5.41, 5.74) is 2.37. The van der Waals surface area contributed by atoms with Crippen LogP contribution in [0.5, 0.6) is 0 Å². The van der Waals surface area contributed by atoms with Gasteiger partial charge in [-0.3, -0.25) is 4.99 Å². The van der Waals surface area contributed by atoms with Crippen LogP contribution in [0, 0.1) is 0 Å². The Morgan fingerprint density at radius 1 is 1.29 bits per heavy atom. The van der Waals surface area contributed by atoms with E-state index in [2.05, 4.69) is 28.5 Å². The van der Waals surface area contributed by atoms with E-state index < -0.39 is 0 Å². The van der Waals surface area contributed by atoms with Crippen LogP contribution in [-0.2, 0) is 0 Å². The molecule has 1 saturated carbocycles. The van der Waals surface area contributed by atoms with Crippen LogP contribution in [0.4, 0.5) is 5.69 Å². The number of anilines is 1. The van der Waals surface area contributed by atoms with Gasteiger partial charge in [-0.05, 0) is 42.9 Å². The van der Waals surface area contributed by atoms with Gasteiger partial charge in [-0.1, -0.05) is 17.7 Å². The monoisotopic (exact) mass is 270 g/mol. The first-order chi connectivity index (χ1) is 7.83. The molecule has 1 aliphatic heterocycles. The highest BCUT2D eigenvalue weighted by atomic mass is 35.5. The van der Waals surface area contributed by atoms with Gasteiger partial charge in [0.15, 0.2) is 0 Å². The van der Waals surface area contributed by atoms with E-state index >= 15 is 0 Å². The van der Waals surface area contributed by atoms with Crippen molar-refractivity contribution in [3.05, 3.63) is 28.8 Å². The van der Waals surface area contributed by atoms with Crippen molar-refractivity contribution >= 4 is 35.5 Å². The second kappa shape index (κ2) is 5.28. The molecule has 0 unspecified atom stereocenters. The highest BCUT2D eigenvalue weighted by molar-refractivity contribution is 6.33. The van der Waals surface area contributed by atoms with Crippen molar-refractivity contribution in [2.75, 3.05) is 11.9 Å². The number of rotatable bonds is 2. The SMILES string of the molecule is Cl.Clc1cc(C2CC2)ccc1NC1=NCCC1. The Morgan fingerprint density at radius 2 is 2.12 bits per heavy atom. The second-order valence-corrected chi connectivity index (χ2v) is 4.98. The molecule has 1 aliphatic carbocycles. The first kappa shape index (κ1) is 12.7. The molecule has 1 aromatic carbocycles. The molecule has 1 N–H and O–H groups in total. The average molecular weight is 271 g/mol. The Balaban J connectivity index is 0.00000108. The molecular weight excluding hydrogens is 255 g/mol. The lowest BCUT2D eigenvalue weighted by molar-refractivity contribution is 0.951. The highest BCUT2D eigenvalue weighted by Crippen LogP contribution is 2.41. The Hall–Kier alpha value is -0.730. The van der Waals surface area contributed by atoms with Gasteiger partial charge in [-0.2, -0.15) is 0 Å². The molecule has 2 nitrogen and oxygen atoms in total. The van der Waals surface area contributed by atoms with Gasteiger partial charge in [0.05, 0.1) is 10.7 Å². The van der Waals surface area contributed by atoms with Gasteiger partial charge >= 0.3 is 0 Å². The van der Waals surface area contributed by atoms with Crippen molar-refractivity contribution in [2.24, 2.45) is 4.99 Å². The third-order valence-corrected chi connectivity index (χ3v) is 3.51. The minimum atomic E-state index is 0. The number of nitrogens with one attached hydrogen (secondary N) is 1. The fourth-order valence-electron chi connectivity index (χ4n) is 2.10. The van der Waals surface area contributed by atoms with Crippen LogP contribution in [-0.4, -0.2) is 12.4 Å². The Kier molecular flexibility index (Phi) is 3.95. The van der Waals surface area contributed by atoms with E-state index in [0.717, 1.165) is 41.8 Å². The molecule has 17 heavy (non-hydrogen) atoms. The number of halogens is 2. The van der Waals surface area contributed by atoms with Crippen LogP contribution in [0.1, 0.15) is 37.2 Å². The molecule has 3 rings (SSSR count). The predicted molar refractivity (Wildman–Crippen MR) is 75.8 cm³/mol. The maximum absolute atomic E-state index is 6.26. The average Bonchev–Trinajstić information content (AvgIpc) is 3.01. The molecule has 0 radical (unpaired) electrons. The summed E-state index contributed by atoms with van der Waals surface area (Å²) in [5.74, 6) is 1.83. The van der Waals surface area contributed by atoms with E-state index in [1.54, 1.807) is 0 Å². The van der Waals surface area contributed by atoms with Crippen molar-refractivity contribution < 1.29 is 0 Å². The molecule has 0 spiro atoms. The second-order valence-electron chi connectivity index (χ2n) is 4.57. The molecule has 92 valence electrons. The molecule has 0 amide bonds. The smallest absolute Gasteiger partial charge is 0.101 e. The molecular formula is C13H16Cl2N2. The van der Waals surface area contributed by atoms with Crippen molar-refractivity contribution in [3.8, 4) is 0 Å². The lowest BCUT2D eigenvalue weighted by Gasteiger charge is -2.09. The summed E-state index contributed by atoms with van der Waals surface area (Å²) < 4.78 is 0. The van der Waals surface area contributed by atoms with E-state index in [-0.39, 0.29) is 12.4 Å². The summed E-state index contributed by atoms with van der Waals surface area (Å²) in [7, 11) is 0. The van der Waals surface area contributed by atoms with Gasteiger partial charge in [0.1, 0.15) is 5.84 Å². The zero-order chi connectivity index (χ0) is 11.0. The third kappa shape index (κ3) is 2.93. The van der Waals surface area contributed by atoms with Crippen molar-refractivity contribution in [2.45, 2.75) is 31.6 Å². The first-order valence-electron chi connectivity index (χ1n) is 5.93. The number of hydrogen-bond donors (Lipinski definition) is 1. The van der Waals surface area contributed by atoms with E-state index in [1.165, 1.54) is 18.4 Å². The molecule has 2 aliphatic rings. The quantitative estimate of drug-likeness (QED) is 0.854. The molecule has 1 heterocycles. The lowest BCUT2D eigenvalue weighted by Crippen LogP contribution is -2.08. The maximum Gasteiger partial charge on any atom is 0.101 e. The first-order valence-corrected chi connectivity index (χ1v) is 6.30. The van der Waals surface area contributed by atoms with Gasteiger partial charge in [0.2, 0.25) is 0 Å². The van der Waals surface area contributed by atoms with Gasteiger partial charge in [-0.25, -0.2) is 0 Å². The fourth-order valence-corrected chi connectivity index (χ4v) is 2.34. The van der Waals surface area contributed by atoms with Gasteiger partial charge < -0.3 is 5.32 Å². The summed E-state index contributed by atoms with van der Waals surface area (Å²) in [6, 6.07) is 6.36. The van der Waals surface area contributed by atoms with Crippen LogP contribution in [0.3, 0.4) is 0 Å². The summed E-state index contributed by atoms with van der Waals surface area (Å²) in [4.78, 5) is 4.39. The third-order valence-electron chi connectivity index (χ3n) is 3.20. The zero-order valence-corrected chi connectivity index (χ0v) is 11.2. The summed E-state index contributed by atoms with van der Waals surface area (Å²) in [5, 5.41) is 4.13. The minimum Gasteiger partial charge on any atom is -0.343 e. The topological polar surface area (TPSA) is 24.4 Å². The Bertz CT molecular complexity index is 439. The predicted octanol–water partition coefficient (Wildman–Crippen LogP) is 4.24. The van der Waals surface area contributed by atoms with E-state index in [9.17, 15) is 0 Å². The number of benzene rings is 1. The van der Waals surface area contributed by atoms with Gasteiger partial charge in [-0.15, -0.1) is 12.4 Å². The number of nitrogens with zero attached hydrogens (tertiary/aromatic N) is 1. The van der Waals surface area contributed by atoms with Crippen LogP contribution in [0.25, 0.3) is 0 Å². The number of hydrogen-bond acceptors (Lipinski definition) is 2. The Labute approximate surface area is 113 Å². The summed E-state index contributed by atoms with van der Waals surface area (Å²) in [6.45, 7) is 0.945. The normalized spacial score (nSPS) is 18.5. The van der Waals surface area contributed by atoms with Crippen molar-refractivity contribution in [3.63, 3.8) is 0 Å². The summed E-state index contributed by atoms with van der Waals surface area (Å²) in [6.07, 6.45) is 4.83. The largest absolute Gasteiger partial charge is 0.343 e. The van der Waals surface area contributed by atoms with Crippen LogP contribution in [0.15, 0.2) is 23.2 Å². The number of aliphatic imine (C=N–C) groups is 1. The number of amidine groups is 1. The minimum absolute atomic E-state index is 0. The summed E-state index contributed by atoms with van der Waals surface area (Å²) >= 11 is 6.26. The maximum atomic E-state index is 6.26. The van der Waals surface area contributed by atoms with Crippen LogP contribution < -0.4 is 5.32 Å². The lowest BCUT2D eigenvalue weighted by atomic mass is 10.1. The molecule has 1 fully saturated rings. The molecule has 4 heteroatoms. The zero-order valence-electron chi connectivity index (χ0n) is 9.58. The van der Waals surface area contributed by atoms with E-state index in [4.69, 9.17) is 11.6 Å². The molecule has 0 aromatic heterocycles. The Morgan fingerprint density at radius 3 is 2.71 bits per heavy atom. The highest BCUT2D eigenvalue weighted by Gasteiger charge is 2.24. The van der Waals surface area contributed by atoms with E-state index in [1.807, 2.05) is 0 Å². The standard InChI is InChI=1S/C13H15ClN2.ClH/c14-11-8-10(9-3-4-9)5-6-12(11)16-13-2-1-7-15-13;/h5-6,8-9H,1-4,7H2,(H,15,16);1H.